The van der Waals surface area contributed by atoms with Crippen LogP contribution in [0, 0.1) is 13.8 Å². The molecule has 0 radical (unpaired) electrons. The third-order valence-electron chi connectivity index (χ3n) is 4.79. The number of fused-ring (bicyclic) bond motifs is 1. The monoisotopic (exact) mass is 485 g/mol. The van der Waals surface area contributed by atoms with Crippen molar-refractivity contribution < 1.29 is 22.7 Å². The van der Waals surface area contributed by atoms with Crippen molar-refractivity contribution in [2.45, 2.75) is 44.9 Å². The SMILES string of the molecule is CCOc1ccc(C(F)(F)F)cc1NC(=O)C(C)SCc1nc2sc(C)c(C)c2c(=O)[nH]1. The van der Waals surface area contributed by atoms with Crippen molar-refractivity contribution in [3.05, 3.63) is 50.4 Å². The number of hydrogen-bond donors (Lipinski definition) is 2. The maximum Gasteiger partial charge on any atom is 0.416 e. The number of thiophene rings is 1. The average molecular weight is 486 g/mol. The van der Waals surface area contributed by atoms with Crippen LogP contribution in [0.1, 0.15) is 35.7 Å². The summed E-state index contributed by atoms with van der Waals surface area (Å²) >= 11 is 2.64. The molecule has 1 atom stereocenters. The third-order valence-corrected chi connectivity index (χ3v) is 7.05. The highest BCUT2D eigenvalue weighted by Gasteiger charge is 2.31. The topological polar surface area (TPSA) is 84.1 Å². The Bertz CT molecular complexity index is 1200. The molecule has 1 unspecified atom stereocenters. The second-order valence-electron chi connectivity index (χ2n) is 7.06. The number of aromatic nitrogens is 2. The molecule has 0 saturated heterocycles. The fourth-order valence-electron chi connectivity index (χ4n) is 2.97. The first-order valence-electron chi connectivity index (χ1n) is 9.76. The zero-order valence-electron chi connectivity index (χ0n) is 17.8. The molecule has 0 aliphatic rings. The summed E-state index contributed by atoms with van der Waals surface area (Å²) in [5.74, 6) is 0.367. The first kappa shape index (κ1) is 24.1. The van der Waals surface area contributed by atoms with E-state index in [4.69, 9.17) is 4.74 Å². The number of amides is 1. The number of ether oxygens (including phenoxy) is 1. The smallest absolute Gasteiger partial charge is 0.416 e. The van der Waals surface area contributed by atoms with E-state index in [9.17, 15) is 22.8 Å². The minimum Gasteiger partial charge on any atom is -0.492 e. The van der Waals surface area contributed by atoms with Crippen LogP contribution < -0.4 is 15.6 Å². The maximum absolute atomic E-state index is 13.1. The van der Waals surface area contributed by atoms with Gasteiger partial charge >= 0.3 is 6.18 Å². The highest BCUT2D eigenvalue weighted by molar-refractivity contribution is 7.99. The molecular formula is C21H22F3N3O3S2. The lowest BCUT2D eigenvalue weighted by atomic mass is 10.1. The van der Waals surface area contributed by atoms with Crippen LogP contribution in [-0.2, 0) is 16.7 Å². The van der Waals surface area contributed by atoms with Crippen LogP contribution in [0.4, 0.5) is 18.9 Å². The number of anilines is 1. The van der Waals surface area contributed by atoms with Crippen LogP contribution in [0.5, 0.6) is 5.75 Å². The quantitative estimate of drug-likeness (QED) is 0.476. The number of nitrogens with zero attached hydrogens (tertiary/aromatic N) is 1. The van der Waals surface area contributed by atoms with Crippen molar-refractivity contribution >= 4 is 44.9 Å². The van der Waals surface area contributed by atoms with Gasteiger partial charge in [0.2, 0.25) is 5.91 Å². The Balaban J connectivity index is 1.73. The van der Waals surface area contributed by atoms with Crippen molar-refractivity contribution in [3.63, 3.8) is 0 Å². The molecule has 11 heteroatoms. The van der Waals surface area contributed by atoms with Crippen LogP contribution in [-0.4, -0.2) is 27.7 Å². The fourth-order valence-corrected chi connectivity index (χ4v) is 4.77. The van der Waals surface area contributed by atoms with Gasteiger partial charge in [-0.15, -0.1) is 23.1 Å². The van der Waals surface area contributed by atoms with Gasteiger partial charge in [0, 0.05) is 4.88 Å². The zero-order chi connectivity index (χ0) is 23.6. The third kappa shape index (κ3) is 5.26. The van der Waals surface area contributed by atoms with Gasteiger partial charge in [-0.1, -0.05) is 0 Å². The summed E-state index contributed by atoms with van der Waals surface area (Å²) in [5.41, 5.74) is -0.253. The molecule has 3 aromatic rings. The van der Waals surface area contributed by atoms with Crippen LogP contribution in [0.15, 0.2) is 23.0 Å². The summed E-state index contributed by atoms with van der Waals surface area (Å²) in [4.78, 5) is 33.9. The molecule has 6 nitrogen and oxygen atoms in total. The van der Waals surface area contributed by atoms with Gasteiger partial charge in [-0.05, 0) is 51.5 Å². The van der Waals surface area contributed by atoms with Crippen LogP contribution >= 0.6 is 23.1 Å². The average Bonchev–Trinajstić information content (AvgIpc) is 3.00. The van der Waals surface area contributed by atoms with Gasteiger partial charge in [-0.2, -0.15) is 13.2 Å². The molecule has 172 valence electrons. The van der Waals surface area contributed by atoms with Crippen molar-refractivity contribution in [1.82, 2.24) is 9.97 Å². The van der Waals surface area contributed by atoms with Gasteiger partial charge in [-0.3, -0.25) is 9.59 Å². The summed E-state index contributed by atoms with van der Waals surface area (Å²) in [7, 11) is 0. The van der Waals surface area contributed by atoms with E-state index in [1.165, 1.54) is 29.2 Å². The number of thioether (sulfide) groups is 1. The number of halogens is 3. The van der Waals surface area contributed by atoms with E-state index in [-0.39, 0.29) is 29.4 Å². The number of carbonyl (C=O) groups excluding carboxylic acids is 1. The molecule has 2 N–H and O–H groups in total. The summed E-state index contributed by atoms with van der Waals surface area (Å²) in [6.45, 7) is 7.36. The molecule has 1 aromatic carbocycles. The zero-order valence-corrected chi connectivity index (χ0v) is 19.5. The Hall–Kier alpha value is -2.53. The minimum absolute atomic E-state index is 0.0448. The fraction of sp³-hybridized carbons (Fsp3) is 0.381. The number of H-pyrrole nitrogens is 1. The molecule has 0 aliphatic carbocycles. The lowest BCUT2D eigenvalue weighted by molar-refractivity contribution is -0.137. The molecule has 0 aliphatic heterocycles. The molecule has 0 saturated carbocycles. The molecule has 2 heterocycles. The Morgan fingerprint density at radius 2 is 2.06 bits per heavy atom. The Morgan fingerprint density at radius 1 is 1.34 bits per heavy atom. The molecule has 0 spiro atoms. The van der Waals surface area contributed by atoms with E-state index < -0.39 is 22.9 Å². The minimum atomic E-state index is -4.54. The summed E-state index contributed by atoms with van der Waals surface area (Å²) in [6.07, 6.45) is -4.54. The van der Waals surface area contributed by atoms with E-state index in [0.29, 0.717) is 16.0 Å². The van der Waals surface area contributed by atoms with Gasteiger partial charge in [0.05, 0.1) is 34.2 Å². The number of benzene rings is 1. The van der Waals surface area contributed by atoms with Crippen molar-refractivity contribution in [2.75, 3.05) is 11.9 Å². The number of aryl methyl sites for hydroxylation is 2. The Labute approximate surface area is 190 Å². The molecule has 0 fully saturated rings. The van der Waals surface area contributed by atoms with Gasteiger partial charge in [0.1, 0.15) is 16.4 Å². The first-order valence-corrected chi connectivity index (χ1v) is 11.6. The second kappa shape index (κ2) is 9.53. The predicted molar refractivity (Wildman–Crippen MR) is 122 cm³/mol. The Morgan fingerprint density at radius 3 is 2.72 bits per heavy atom. The number of alkyl halides is 3. The van der Waals surface area contributed by atoms with Crippen LogP contribution in [0.25, 0.3) is 10.2 Å². The van der Waals surface area contributed by atoms with E-state index in [2.05, 4.69) is 15.3 Å². The van der Waals surface area contributed by atoms with Crippen molar-refractivity contribution in [2.24, 2.45) is 0 Å². The van der Waals surface area contributed by atoms with Crippen LogP contribution in [0.3, 0.4) is 0 Å². The highest BCUT2D eigenvalue weighted by atomic mass is 32.2. The lowest BCUT2D eigenvalue weighted by Crippen LogP contribution is -2.23. The molecule has 2 aromatic heterocycles. The second-order valence-corrected chi connectivity index (χ2v) is 9.59. The number of hydrogen-bond acceptors (Lipinski definition) is 6. The molecule has 32 heavy (non-hydrogen) atoms. The van der Waals surface area contributed by atoms with Crippen molar-refractivity contribution in [3.8, 4) is 5.75 Å². The summed E-state index contributed by atoms with van der Waals surface area (Å²) in [6, 6.07) is 2.95. The number of carbonyl (C=O) groups is 1. The maximum atomic E-state index is 13.1. The predicted octanol–water partition coefficient (Wildman–Crippen LogP) is 5.28. The highest BCUT2D eigenvalue weighted by Crippen LogP contribution is 2.35. The number of rotatable bonds is 7. The van der Waals surface area contributed by atoms with Gasteiger partial charge < -0.3 is 15.0 Å². The molecule has 0 bridgehead atoms. The molecule has 3 rings (SSSR count). The summed E-state index contributed by atoms with van der Waals surface area (Å²) in [5, 5.41) is 2.47. The normalized spacial score (nSPS) is 12.7. The van der Waals surface area contributed by atoms with E-state index in [1.807, 2.05) is 13.8 Å². The van der Waals surface area contributed by atoms with E-state index in [0.717, 1.165) is 22.6 Å². The molecule has 1 amide bonds. The van der Waals surface area contributed by atoms with Gasteiger partial charge in [0.15, 0.2) is 0 Å². The number of nitrogens with one attached hydrogen (secondary N) is 2. The summed E-state index contributed by atoms with van der Waals surface area (Å²) < 4.78 is 44.5. The number of aromatic amines is 1. The largest absolute Gasteiger partial charge is 0.492 e. The standard InChI is InChI=1S/C21H22F3N3O3S2/c1-5-30-15-7-6-13(21(22,23)24)8-14(15)25-18(28)12(4)31-9-16-26-19(29)17-10(2)11(3)32-20(17)27-16/h6-8,12H,5,9H2,1-4H3,(H,25,28)(H,26,27,29). The van der Waals surface area contributed by atoms with Crippen molar-refractivity contribution in [1.29, 1.82) is 0 Å². The first-order chi connectivity index (χ1) is 15.0. The van der Waals surface area contributed by atoms with Gasteiger partial charge in [-0.25, -0.2) is 4.98 Å². The lowest BCUT2D eigenvalue weighted by Gasteiger charge is -2.16. The van der Waals surface area contributed by atoms with E-state index >= 15 is 0 Å². The van der Waals surface area contributed by atoms with Crippen LogP contribution in [0.2, 0.25) is 0 Å². The molecular weight excluding hydrogens is 463 g/mol. The van der Waals surface area contributed by atoms with Gasteiger partial charge in [0.25, 0.3) is 5.56 Å². The Kier molecular flexibility index (Phi) is 7.19. The van der Waals surface area contributed by atoms with E-state index in [1.54, 1.807) is 13.8 Å².